The number of halogens is 1. The third-order valence-electron chi connectivity index (χ3n) is 4.36. The Bertz CT molecular complexity index is 933. The molecule has 5 nitrogen and oxygen atoms in total. The Balaban J connectivity index is 1.69. The highest BCUT2D eigenvalue weighted by Crippen LogP contribution is 2.20. The minimum Gasteiger partial charge on any atom is -0.489 e. The number of nitrogens with zero attached hydrogens (tertiary/aromatic N) is 2. The van der Waals surface area contributed by atoms with E-state index in [-0.39, 0.29) is 18.3 Å². The minimum absolute atomic E-state index is 0.190. The van der Waals surface area contributed by atoms with Crippen LogP contribution >= 0.6 is 0 Å². The number of carbonyl (C=O) groups excluding carboxylic acids is 1. The summed E-state index contributed by atoms with van der Waals surface area (Å²) in [7, 11) is 1.65. The van der Waals surface area contributed by atoms with Crippen LogP contribution in [0.3, 0.4) is 0 Å². The van der Waals surface area contributed by atoms with Gasteiger partial charge in [-0.15, -0.1) is 0 Å². The first kappa shape index (κ1) is 18.6. The van der Waals surface area contributed by atoms with Crippen LogP contribution in [0.1, 0.15) is 32.9 Å². The molecule has 2 aromatic carbocycles. The summed E-state index contributed by atoms with van der Waals surface area (Å²) in [6, 6.07) is 13.4. The second kappa shape index (κ2) is 8.03. The molecule has 3 rings (SSSR count). The van der Waals surface area contributed by atoms with Crippen molar-refractivity contribution >= 4 is 5.91 Å². The molecule has 0 radical (unpaired) electrons. The van der Waals surface area contributed by atoms with E-state index in [1.165, 1.54) is 11.0 Å². The standard InChI is InChI=1S/C21H21FN2O3/c1-14-19(15(2)27-23-14)13-26-18-9-6-8-16(11-18)21(25)24(3)12-17-7-4-5-10-20(17)22/h4-11H,12-13H2,1-3H3. The van der Waals surface area contributed by atoms with Crippen LogP contribution in [-0.2, 0) is 13.2 Å². The maximum Gasteiger partial charge on any atom is 0.254 e. The highest BCUT2D eigenvalue weighted by Gasteiger charge is 2.15. The fourth-order valence-electron chi connectivity index (χ4n) is 2.76. The van der Waals surface area contributed by atoms with E-state index in [1.54, 1.807) is 49.5 Å². The van der Waals surface area contributed by atoms with Crippen molar-refractivity contribution in [2.45, 2.75) is 27.0 Å². The van der Waals surface area contributed by atoms with Crippen molar-refractivity contribution in [2.24, 2.45) is 0 Å². The third-order valence-corrected chi connectivity index (χ3v) is 4.36. The Hall–Kier alpha value is -3.15. The second-order valence-corrected chi connectivity index (χ2v) is 6.37. The highest BCUT2D eigenvalue weighted by molar-refractivity contribution is 5.94. The van der Waals surface area contributed by atoms with Crippen molar-refractivity contribution in [3.8, 4) is 5.75 Å². The predicted octanol–water partition coefficient (Wildman–Crippen LogP) is 4.28. The average molecular weight is 368 g/mol. The lowest BCUT2D eigenvalue weighted by atomic mass is 10.1. The fourth-order valence-corrected chi connectivity index (χ4v) is 2.76. The number of amides is 1. The maximum absolute atomic E-state index is 13.8. The van der Waals surface area contributed by atoms with Crippen LogP contribution < -0.4 is 4.74 Å². The summed E-state index contributed by atoms with van der Waals surface area (Å²) in [5.74, 6) is 0.749. The van der Waals surface area contributed by atoms with Gasteiger partial charge >= 0.3 is 0 Å². The van der Waals surface area contributed by atoms with Crippen molar-refractivity contribution in [2.75, 3.05) is 7.05 Å². The molecule has 0 aliphatic heterocycles. The Kier molecular flexibility index (Phi) is 5.54. The van der Waals surface area contributed by atoms with Gasteiger partial charge in [0, 0.05) is 24.7 Å². The number of aromatic nitrogens is 1. The molecule has 0 N–H and O–H groups in total. The first-order valence-electron chi connectivity index (χ1n) is 8.59. The van der Waals surface area contributed by atoms with E-state index in [1.807, 2.05) is 13.8 Å². The third kappa shape index (κ3) is 4.34. The molecule has 27 heavy (non-hydrogen) atoms. The van der Waals surface area contributed by atoms with E-state index in [0.29, 0.717) is 29.2 Å². The van der Waals surface area contributed by atoms with Crippen LogP contribution in [0.15, 0.2) is 53.1 Å². The number of rotatable bonds is 6. The van der Waals surface area contributed by atoms with Gasteiger partial charge in [0.1, 0.15) is 23.9 Å². The van der Waals surface area contributed by atoms with Gasteiger partial charge in [-0.05, 0) is 38.1 Å². The normalized spacial score (nSPS) is 10.7. The van der Waals surface area contributed by atoms with Crippen molar-refractivity contribution in [1.29, 1.82) is 0 Å². The lowest BCUT2D eigenvalue weighted by molar-refractivity contribution is 0.0783. The molecule has 0 bridgehead atoms. The molecule has 1 amide bonds. The second-order valence-electron chi connectivity index (χ2n) is 6.37. The number of ether oxygens (including phenoxy) is 1. The van der Waals surface area contributed by atoms with Crippen molar-refractivity contribution in [1.82, 2.24) is 10.1 Å². The molecule has 0 aliphatic carbocycles. The number of benzene rings is 2. The summed E-state index contributed by atoms with van der Waals surface area (Å²) in [6.07, 6.45) is 0. The monoisotopic (exact) mass is 368 g/mol. The summed E-state index contributed by atoms with van der Waals surface area (Å²) in [5, 5.41) is 3.90. The molecule has 6 heteroatoms. The first-order valence-corrected chi connectivity index (χ1v) is 8.59. The van der Waals surface area contributed by atoms with E-state index in [0.717, 1.165) is 11.3 Å². The highest BCUT2D eigenvalue weighted by atomic mass is 19.1. The molecular weight excluding hydrogens is 347 g/mol. The van der Waals surface area contributed by atoms with Gasteiger partial charge in [-0.25, -0.2) is 4.39 Å². The lowest BCUT2D eigenvalue weighted by Gasteiger charge is -2.18. The zero-order valence-electron chi connectivity index (χ0n) is 15.5. The molecule has 0 saturated carbocycles. The van der Waals surface area contributed by atoms with Crippen molar-refractivity contribution < 1.29 is 18.4 Å². The van der Waals surface area contributed by atoms with Gasteiger partial charge in [0.2, 0.25) is 0 Å². The largest absolute Gasteiger partial charge is 0.489 e. The van der Waals surface area contributed by atoms with Gasteiger partial charge < -0.3 is 14.2 Å². The molecule has 1 aromatic heterocycles. The Morgan fingerprint density at radius 1 is 1.19 bits per heavy atom. The number of aryl methyl sites for hydroxylation is 2. The summed E-state index contributed by atoms with van der Waals surface area (Å²) in [4.78, 5) is 14.2. The number of hydrogen-bond donors (Lipinski definition) is 0. The topological polar surface area (TPSA) is 55.6 Å². The molecule has 0 fully saturated rings. The van der Waals surface area contributed by atoms with Crippen LogP contribution in [0.2, 0.25) is 0 Å². The molecule has 0 aliphatic rings. The number of hydrogen-bond acceptors (Lipinski definition) is 4. The first-order chi connectivity index (χ1) is 13.0. The molecule has 0 saturated heterocycles. The lowest BCUT2D eigenvalue weighted by Crippen LogP contribution is -2.26. The molecule has 140 valence electrons. The van der Waals surface area contributed by atoms with Crippen LogP contribution in [0.4, 0.5) is 4.39 Å². The van der Waals surface area contributed by atoms with E-state index >= 15 is 0 Å². The molecule has 0 unspecified atom stereocenters. The SMILES string of the molecule is Cc1noc(C)c1COc1cccc(C(=O)N(C)Cc2ccccc2F)c1. The summed E-state index contributed by atoms with van der Waals surface area (Å²) < 4.78 is 24.7. The smallest absolute Gasteiger partial charge is 0.254 e. The van der Waals surface area contributed by atoms with Crippen LogP contribution in [0.5, 0.6) is 5.75 Å². The molecule has 1 heterocycles. The zero-order valence-corrected chi connectivity index (χ0v) is 15.5. The quantitative estimate of drug-likeness (QED) is 0.652. The maximum atomic E-state index is 13.8. The van der Waals surface area contributed by atoms with Crippen LogP contribution in [0.25, 0.3) is 0 Å². The Morgan fingerprint density at radius 3 is 2.67 bits per heavy atom. The zero-order chi connectivity index (χ0) is 19.4. The van der Waals surface area contributed by atoms with Gasteiger partial charge in [-0.2, -0.15) is 0 Å². The van der Waals surface area contributed by atoms with Crippen molar-refractivity contribution in [3.05, 3.63) is 82.5 Å². The number of carbonyl (C=O) groups is 1. The van der Waals surface area contributed by atoms with E-state index in [9.17, 15) is 9.18 Å². The van der Waals surface area contributed by atoms with Gasteiger partial charge in [0.25, 0.3) is 5.91 Å². The Morgan fingerprint density at radius 2 is 1.96 bits per heavy atom. The summed E-state index contributed by atoms with van der Waals surface area (Å²) in [6.45, 7) is 4.18. The van der Waals surface area contributed by atoms with Gasteiger partial charge in [-0.1, -0.05) is 29.4 Å². The predicted molar refractivity (Wildman–Crippen MR) is 98.9 cm³/mol. The molecule has 0 spiro atoms. The summed E-state index contributed by atoms with van der Waals surface area (Å²) in [5.41, 5.74) is 2.62. The molecule has 0 atom stereocenters. The Labute approximate surface area is 157 Å². The molecule has 3 aromatic rings. The molecular formula is C21H21FN2O3. The van der Waals surface area contributed by atoms with Crippen LogP contribution in [0, 0.1) is 19.7 Å². The van der Waals surface area contributed by atoms with Gasteiger partial charge in [0.05, 0.1) is 11.3 Å². The summed E-state index contributed by atoms with van der Waals surface area (Å²) >= 11 is 0. The van der Waals surface area contributed by atoms with E-state index in [4.69, 9.17) is 9.26 Å². The van der Waals surface area contributed by atoms with E-state index < -0.39 is 0 Å². The minimum atomic E-state index is -0.325. The van der Waals surface area contributed by atoms with E-state index in [2.05, 4.69) is 5.16 Å². The van der Waals surface area contributed by atoms with Gasteiger partial charge in [-0.3, -0.25) is 4.79 Å². The average Bonchev–Trinajstić information content (AvgIpc) is 2.99. The van der Waals surface area contributed by atoms with Gasteiger partial charge in [0.15, 0.2) is 0 Å². The van der Waals surface area contributed by atoms with Crippen molar-refractivity contribution in [3.63, 3.8) is 0 Å². The van der Waals surface area contributed by atoms with Crippen LogP contribution in [-0.4, -0.2) is 23.0 Å². The fraction of sp³-hybridized carbons (Fsp3) is 0.238.